The SMILES string of the molecule is COc1cc(/C=C\C(=O)c2ccc(-c3ccccc3)cc2)c([N+](=O)[O-])cc1OC. The van der Waals surface area contributed by atoms with Crippen molar-refractivity contribution >= 4 is 17.5 Å². The lowest BCUT2D eigenvalue weighted by Crippen LogP contribution is -1.98. The van der Waals surface area contributed by atoms with Crippen molar-refractivity contribution < 1.29 is 19.2 Å². The van der Waals surface area contributed by atoms with E-state index in [4.69, 9.17) is 9.47 Å². The minimum Gasteiger partial charge on any atom is -0.493 e. The van der Waals surface area contributed by atoms with E-state index < -0.39 is 4.92 Å². The van der Waals surface area contributed by atoms with Crippen LogP contribution in [0.4, 0.5) is 5.69 Å². The van der Waals surface area contributed by atoms with Gasteiger partial charge < -0.3 is 9.47 Å². The highest BCUT2D eigenvalue weighted by molar-refractivity contribution is 6.07. The molecule has 3 aromatic rings. The predicted octanol–water partition coefficient (Wildman–Crippen LogP) is 5.18. The number of ether oxygens (including phenoxy) is 2. The number of nitrogens with zero attached hydrogens (tertiary/aromatic N) is 1. The number of hydrogen-bond acceptors (Lipinski definition) is 5. The molecule has 0 radical (unpaired) electrons. The van der Waals surface area contributed by atoms with Gasteiger partial charge in [-0.2, -0.15) is 0 Å². The molecule has 6 nitrogen and oxygen atoms in total. The topological polar surface area (TPSA) is 78.7 Å². The monoisotopic (exact) mass is 389 g/mol. The first-order valence-electron chi connectivity index (χ1n) is 8.82. The third-order valence-corrected chi connectivity index (χ3v) is 4.42. The summed E-state index contributed by atoms with van der Waals surface area (Å²) in [6.45, 7) is 0. The zero-order valence-corrected chi connectivity index (χ0v) is 16.0. The molecule has 0 bridgehead atoms. The van der Waals surface area contributed by atoms with Crippen LogP contribution in [0, 0.1) is 10.1 Å². The van der Waals surface area contributed by atoms with Gasteiger partial charge in [-0.1, -0.05) is 54.6 Å². The van der Waals surface area contributed by atoms with E-state index in [0.717, 1.165) is 11.1 Å². The summed E-state index contributed by atoms with van der Waals surface area (Å²) in [7, 11) is 2.84. The van der Waals surface area contributed by atoms with Gasteiger partial charge in [-0.15, -0.1) is 0 Å². The fraction of sp³-hybridized carbons (Fsp3) is 0.0870. The molecule has 0 N–H and O–H groups in total. The smallest absolute Gasteiger partial charge is 0.280 e. The Morgan fingerprint density at radius 3 is 2.07 bits per heavy atom. The summed E-state index contributed by atoms with van der Waals surface area (Å²) in [5, 5.41) is 11.4. The highest BCUT2D eigenvalue weighted by atomic mass is 16.6. The second-order valence-corrected chi connectivity index (χ2v) is 6.16. The second kappa shape index (κ2) is 8.84. The highest BCUT2D eigenvalue weighted by Gasteiger charge is 2.18. The van der Waals surface area contributed by atoms with E-state index in [1.165, 1.54) is 38.5 Å². The van der Waals surface area contributed by atoms with Crippen LogP contribution < -0.4 is 9.47 Å². The van der Waals surface area contributed by atoms with Crippen LogP contribution in [-0.2, 0) is 0 Å². The maximum atomic E-state index is 12.5. The molecule has 0 atom stereocenters. The van der Waals surface area contributed by atoms with Crippen molar-refractivity contribution in [3.63, 3.8) is 0 Å². The predicted molar refractivity (Wildman–Crippen MR) is 111 cm³/mol. The Morgan fingerprint density at radius 1 is 0.897 bits per heavy atom. The number of hydrogen-bond donors (Lipinski definition) is 0. The van der Waals surface area contributed by atoms with Crippen LogP contribution in [-0.4, -0.2) is 24.9 Å². The van der Waals surface area contributed by atoms with Gasteiger partial charge >= 0.3 is 0 Å². The summed E-state index contributed by atoms with van der Waals surface area (Å²) in [4.78, 5) is 23.4. The highest BCUT2D eigenvalue weighted by Crippen LogP contribution is 2.35. The van der Waals surface area contributed by atoms with Crippen molar-refractivity contribution in [1.82, 2.24) is 0 Å². The van der Waals surface area contributed by atoms with Gasteiger partial charge in [-0.25, -0.2) is 0 Å². The quantitative estimate of drug-likeness (QED) is 0.241. The van der Waals surface area contributed by atoms with Gasteiger partial charge in [0.05, 0.1) is 30.8 Å². The maximum absolute atomic E-state index is 12.5. The third-order valence-electron chi connectivity index (χ3n) is 4.42. The minimum atomic E-state index is -0.527. The van der Waals surface area contributed by atoms with Crippen molar-refractivity contribution in [3.8, 4) is 22.6 Å². The largest absolute Gasteiger partial charge is 0.493 e. The lowest BCUT2D eigenvalue weighted by Gasteiger charge is -2.08. The molecule has 0 unspecified atom stereocenters. The molecule has 0 saturated carbocycles. The van der Waals surface area contributed by atoms with Gasteiger partial charge in [-0.3, -0.25) is 14.9 Å². The summed E-state index contributed by atoms with van der Waals surface area (Å²) in [5.74, 6) is 0.338. The molecule has 0 aliphatic carbocycles. The molecule has 0 heterocycles. The molecule has 29 heavy (non-hydrogen) atoms. The normalized spacial score (nSPS) is 10.7. The number of carbonyl (C=O) groups is 1. The van der Waals surface area contributed by atoms with E-state index in [-0.39, 0.29) is 22.8 Å². The molecule has 0 fully saturated rings. The van der Waals surface area contributed by atoms with Crippen LogP contribution in [0.1, 0.15) is 15.9 Å². The summed E-state index contributed by atoms with van der Waals surface area (Å²) in [6, 6.07) is 19.8. The zero-order chi connectivity index (χ0) is 20.8. The Kier molecular flexibility index (Phi) is 6.04. The van der Waals surface area contributed by atoms with E-state index in [1.54, 1.807) is 12.1 Å². The maximum Gasteiger partial charge on any atom is 0.280 e. The molecule has 3 aromatic carbocycles. The molecule has 0 aromatic heterocycles. The average molecular weight is 389 g/mol. The van der Waals surface area contributed by atoms with Crippen LogP contribution in [0.5, 0.6) is 11.5 Å². The first kappa shape index (κ1) is 19.8. The minimum absolute atomic E-state index is 0.175. The van der Waals surface area contributed by atoms with Crippen molar-refractivity contribution in [2.24, 2.45) is 0 Å². The first-order valence-corrected chi connectivity index (χ1v) is 8.82. The number of nitro groups is 1. The Hall–Kier alpha value is -3.93. The summed E-state index contributed by atoms with van der Waals surface area (Å²) >= 11 is 0. The Labute approximate surface area is 168 Å². The summed E-state index contributed by atoms with van der Waals surface area (Å²) in [6.07, 6.45) is 2.72. The Morgan fingerprint density at radius 2 is 1.48 bits per heavy atom. The molecule has 6 heteroatoms. The molecule has 0 amide bonds. The number of methoxy groups -OCH3 is 2. The number of allylic oxidation sites excluding steroid dienone is 1. The van der Waals surface area contributed by atoms with Crippen LogP contribution in [0.15, 0.2) is 72.8 Å². The van der Waals surface area contributed by atoms with Crippen LogP contribution in [0.2, 0.25) is 0 Å². The van der Waals surface area contributed by atoms with E-state index in [1.807, 2.05) is 42.5 Å². The van der Waals surface area contributed by atoms with Gasteiger partial charge in [0.2, 0.25) is 0 Å². The fourth-order valence-corrected chi connectivity index (χ4v) is 2.89. The van der Waals surface area contributed by atoms with E-state index in [0.29, 0.717) is 11.3 Å². The standard InChI is InChI=1S/C23H19NO5/c1-28-22-14-19(20(24(26)27)15-23(22)29-2)12-13-21(25)18-10-8-17(9-11-18)16-6-4-3-5-7-16/h3-15H,1-2H3/b13-12-. The summed E-state index contributed by atoms with van der Waals surface area (Å²) in [5.41, 5.74) is 2.63. The van der Waals surface area contributed by atoms with Gasteiger partial charge in [0, 0.05) is 5.56 Å². The molecule has 0 spiro atoms. The lowest BCUT2D eigenvalue weighted by atomic mass is 10.0. The van der Waals surface area contributed by atoms with Gasteiger partial charge in [0.1, 0.15) is 0 Å². The van der Waals surface area contributed by atoms with Crippen LogP contribution >= 0.6 is 0 Å². The van der Waals surface area contributed by atoms with Crippen molar-refractivity contribution in [3.05, 3.63) is 94.0 Å². The van der Waals surface area contributed by atoms with Gasteiger partial charge in [-0.05, 0) is 29.3 Å². The van der Waals surface area contributed by atoms with Gasteiger partial charge in [0.25, 0.3) is 5.69 Å². The number of carbonyl (C=O) groups excluding carboxylic acids is 1. The Bertz CT molecular complexity index is 1060. The van der Waals surface area contributed by atoms with E-state index in [9.17, 15) is 14.9 Å². The number of nitro benzene ring substituents is 1. The molecule has 0 aliphatic heterocycles. The average Bonchev–Trinajstić information content (AvgIpc) is 2.77. The molecule has 146 valence electrons. The van der Waals surface area contributed by atoms with E-state index >= 15 is 0 Å². The van der Waals surface area contributed by atoms with E-state index in [2.05, 4.69) is 0 Å². The zero-order valence-electron chi connectivity index (χ0n) is 16.0. The molecular weight excluding hydrogens is 370 g/mol. The van der Waals surface area contributed by atoms with Crippen LogP contribution in [0.25, 0.3) is 17.2 Å². The van der Waals surface area contributed by atoms with Crippen molar-refractivity contribution in [2.45, 2.75) is 0 Å². The fourth-order valence-electron chi connectivity index (χ4n) is 2.89. The van der Waals surface area contributed by atoms with Gasteiger partial charge in [0.15, 0.2) is 17.3 Å². The molecule has 0 aliphatic rings. The molecule has 0 saturated heterocycles. The second-order valence-electron chi connectivity index (χ2n) is 6.16. The number of ketones is 1. The van der Waals surface area contributed by atoms with Crippen molar-refractivity contribution in [1.29, 1.82) is 0 Å². The molecule has 3 rings (SSSR count). The molecular formula is C23H19NO5. The first-order chi connectivity index (χ1) is 14.0. The van der Waals surface area contributed by atoms with Crippen molar-refractivity contribution in [2.75, 3.05) is 14.2 Å². The van der Waals surface area contributed by atoms with Crippen LogP contribution in [0.3, 0.4) is 0 Å². The lowest BCUT2D eigenvalue weighted by molar-refractivity contribution is -0.385. The third kappa shape index (κ3) is 4.50. The summed E-state index contributed by atoms with van der Waals surface area (Å²) < 4.78 is 10.3. The Balaban J connectivity index is 1.86. The number of benzene rings is 3. The number of rotatable bonds is 7.